The number of benzene rings is 3. The minimum absolute atomic E-state index is 0.0468. The highest BCUT2D eigenvalue weighted by Crippen LogP contribution is 2.49. The molecule has 0 amide bonds. The van der Waals surface area contributed by atoms with Gasteiger partial charge in [-0.15, -0.1) is 0 Å². The number of aliphatic hydroxyl groups is 1. The summed E-state index contributed by atoms with van der Waals surface area (Å²) in [6.45, 7) is 8.65. The predicted octanol–water partition coefficient (Wildman–Crippen LogP) is 8.28. The SMILES string of the molecule is CC(C)c1ccccc1SC1=C(O)CC(CC(C)(C)CCC(N)Cc2ccccc2)(c2ccccc2)OC1=O. The molecular weight excluding hydrogens is 502 g/mol. The number of rotatable bonds is 11. The van der Waals surface area contributed by atoms with Gasteiger partial charge in [0.05, 0.1) is 6.42 Å². The van der Waals surface area contributed by atoms with Crippen LogP contribution < -0.4 is 5.73 Å². The fourth-order valence-electron chi connectivity index (χ4n) is 5.55. The monoisotopic (exact) mass is 543 g/mol. The third kappa shape index (κ3) is 7.34. The van der Waals surface area contributed by atoms with Crippen molar-refractivity contribution in [2.75, 3.05) is 0 Å². The molecule has 1 heterocycles. The maximum atomic E-state index is 13.6. The fourth-order valence-corrected chi connectivity index (χ4v) is 6.65. The summed E-state index contributed by atoms with van der Waals surface area (Å²) >= 11 is 1.30. The zero-order valence-electron chi connectivity index (χ0n) is 23.5. The molecule has 0 radical (unpaired) electrons. The molecule has 4 nitrogen and oxygen atoms in total. The van der Waals surface area contributed by atoms with Crippen LogP contribution in [-0.2, 0) is 21.6 Å². The molecule has 206 valence electrons. The Morgan fingerprint density at radius 1 is 0.974 bits per heavy atom. The third-order valence-electron chi connectivity index (χ3n) is 7.54. The Bertz CT molecular complexity index is 1290. The first-order valence-electron chi connectivity index (χ1n) is 13.9. The summed E-state index contributed by atoms with van der Waals surface area (Å²) in [6.07, 6.45) is 3.39. The van der Waals surface area contributed by atoms with Gasteiger partial charge in [0.1, 0.15) is 16.3 Å². The first kappa shape index (κ1) is 29.0. The highest BCUT2D eigenvalue weighted by atomic mass is 32.2. The number of carbonyl (C=O) groups excluding carboxylic acids is 1. The zero-order valence-corrected chi connectivity index (χ0v) is 24.3. The van der Waals surface area contributed by atoms with E-state index in [1.807, 2.05) is 66.7 Å². The van der Waals surface area contributed by atoms with Crippen LogP contribution in [0.15, 0.2) is 100 Å². The molecule has 5 heteroatoms. The predicted molar refractivity (Wildman–Crippen MR) is 161 cm³/mol. The molecule has 0 saturated carbocycles. The minimum Gasteiger partial charge on any atom is -0.511 e. The van der Waals surface area contributed by atoms with Crippen molar-refractivity contribution in [2.45, 2.75) is 82.3 Å². The molecule has 3 N–H and O–H groups in total. The Kier molecular flexibility index (Phi) is 9.24. The lowest BCUT2D eigenvalue weighted by Crippen LogP contribution is -2.41. The molecule has 0 bridgehead atoms. The first-order valence-corrected chi connectivity index (χ1v) is 14.7. The average Bonchev–Trinajstić information content (AvgIpc) is 2.91. The van der Waals surface area contributed by atoms with Crippen LogP contribution in [0, 0.1) is 5.41 Å². The molecule has 4 rings (SSSR count). The Hall–Kier alpha value is -3.02. The number of aliphatic hydroxyl groups excluding tert-OH is 1. The maximum absolute atomic E-state index is 13.6. The van der Waals surface area contributed by atoms with E-state index in [-0.39, 0.29) is 28.5 Å². The minimum atomic E-state index is -0.947. The van der Waals surface area contributed by atoms with Crippen molar-refractivity contribution >= 4 is 17.7 Å². The highest BCUT2D eigenvalue weighted by molar-refractivity contribution is 8.04. The number of ether oxygens (including phenoxy) is 1. The Labute approximate surface area is 237 Å². The van der Waals surface area contributed by atoms with Gasteiger partial charge in [0.25, 0.3) is 0 Å². The van der Waals surface area contributed by atoms with Crippen LogP contribution in [0.3, 0.4) is 0 Å². The third-order valence-corrected chi connectivity index (χ3v) is 8.74. The molecule has 3 aromatic rings. The van der Waals surface area contributed by atoms with Crippen molar-refractivity contribution in [1.29, 1.82) is 0 Å². The summed E-state index contributed by atoms with van der Waals surface area (Å²) in [5.74, 6) is -0.0773. The van der Waals surface area contributed by atoms with Gasteiger partial charge in [-0.1, -0.05) is 118 Å². The molecule has 0 aromatic heterocycles. The van der Waals surface area contributed by atoms with E-state index in [1.54, 1.807) is 0 Å². The van der Waals surface area contributed by atoms with Gasteiger partial charge in [0.15, 0.2) is 0 Å². The van der Waals surface area contributed by atoms with Crippen molar-refractivity contribution < 1.29 is 14.6 Å². The number of hydrogen-bond acceptors (Lipinski definition) is 5. The molecule has 3 aromatic carbocycles. The summed E-state index contributed by atoms with van der Waals surface area (Å²) in [4.78, 5) is 14.8. The highest BCUT2D eigenvalue weighted by Gasteiger charge is 2.47. The summed E-state index contributed by atoms with van der Waals surface area (Å²) in [5.41, 5.74) is 8.68. The van der Waals surface area contributed by atoms with Crippen molar-refractivity contribution in [3.8, 4) is 0 Å². The van der Waals surface area contributed by atoms with E-state index in [1.165, 1.54) is 17.3 Å². The number of nitrogens with two attached hydrogens (primary N) is 1. The lowest BCUT2D eigenvalue weighted by atomic mass is 9.71. The van der Waals surface area contributed by atoms with Crippen LogP contribution in [0.25, 0.3) is 0 Å². The normalized spacial score (nSPS) is 18.8. The van der Waals surface area contributed by atoms with E-state index in [2.05, 4.69) is 45.9 Å². The lowest BCUT2D eigenvalue weighted by molar-refractivity contribution is -0.163. The summed E-state index contributed by atoms with van der Waals surface area (Å²) in [5, 5.41) is 11.3. The topological polar surface area (TPSA) is 72.6 Å². The van der Waals surface area contributed by atoms with E-state index < -0.39 is 11.6 Å². The van der Waals surface area contributed by atoms with E-state index in [9.17, 15) is 9.90 Å². The zero-order chi connectivity index (χ0) is 28.0. The van der Waals surface area contributed by atoms with Gasteiger partial charge in [-0.3, -0.25) is 0 Å². The van der Waals surface area contributed by atoms with Gasteiger partial charge < -0.3 is 15.6 Å². The van der Waals surface area contributed by atoms with Crippen LogP contribution in [0.2, 0.25) is 0 Å². The van der Waals surface area contributed by atoms with Gasteiger partial charge in [-0.05, 0) is 59.8 Å². The molecule has 0 fully saturated rings. The number of cyclic esters (lactones) is 1. The van der Waals surface area contributed by atoms with Gasteiger partial charge in [0.2, 0.25) is 0 Å². The Morgan fingerprint density at radius 2 is 1.59 bits per heavy atom. The van der Waals surface area contributed by atoms with Crippen molar-refractivity contribution in [1.82, 2.24) is 0 Å². The molecule has 1 aliphatic rings. The van der Waals surface area contributed by atoms with Crippen LogP contribution in [0.1, 0.15) is 76.0 Å². The van der Waals surface area contributed by atoms with Crippen molar-refractivity contribution in [3.05, 3.63) is 112 Å². The standard InChI is InChI=1S/C34H41NO3S/c1-24(2)28-17-11-12-18-30(28)39-31-29(36)22-34(38-32(31)37,26-15-9-6-10-16-26)23-33(3,4)20-19-27(35)21-25-13-7-5-8-14-25/h5-18,24,27,36H,19-23,35H2,1-4H3. The number of hydrogen-bond donors (Lipinski definition) is 2. The second kappa shape index (κ2) is 12.4. The van der Waals surface area contributed by atoms with Gasteiger partial charge in [-0.25, -0.2) is 4.79 Å². The van der Waals surface area contributed by atoms with Crippen LogP contribution in [0.4, 0.5) is 0 Å². The molecular formula is C34H41NO3S. The van der Waals surface area contributed by atoms with Crippen LogP contribution in [0.5, 0.6) is 0 Å². The van der Waals surface area contributed by atoms with E-state index in [0.29, 0.717) is 12.3 Å². The quantitative estimate of drug-likeness (QED) is 0.238. The molecule has 1 aliphatic heterocycles. The lowest BCUT2D eigenvalue weighted by Gasteiger charge is -2.42. The Balaban J connectivity index is 1.56. The van der Waals surface area contributed by atoms with Crippen LogP contribution >= 0.6 is 11.8 Å². The average molecular weight is 544 g/mol. The van der Waals surface area contributed by atoms with Crippen molar-refractivity contribution in [3.63, 3.8) is 0 Å². The second-order valence-corrected chi connectivity index (χ2v) is 12.9. The summed E-state index contributed by atoms with van der Waals surface area (Å²) in [6, 6.07) is 28.2. The number of carbonyl (C=O) groups is 1. The summed E-state index contributed by atoms with van der Waals surface area (Å²) < 4.78 is 6.35. The molecule has 0 aliphatic carbocycles. The van der Waals surface area contributed by atoms with Gasteiger partial charge in [-0.2, -0.15) is 0 Å². The fraction of sp³-hybridized carbons (Fsp3) is 0.382. The molecule has 2 unspecified atom stereocenters. The van der Waals surface area contributed by atoms with E-state index in [4.69, 9.17) is 10.5 Å². The van der Waals surface area contributed by atoms with E-state index in [0.717, 1.165) is 35.3 Å². The largest absolute Gasteiger partial charge is 0.511 e. The van der Waals surface area contributed by atoms with Gasteiger partial charge in [0, 0.05) is 10.9 Å². The van der Waals surface area contributed by atoms with Gasteiger partial charge >= 0.3 is 5.97 Å². The molecule has 2 atom stereocenters. The molecule has 0 spiro atoms. The Morgan fingerprint density at radius 3 is 2.23 bits per heavy atom. The van der Waals surface area contributed by atoms with E-state index >= 15 is 0 Å². The molecule has 0 saturated heterocycles. The number of thioether (sulfide) groups is 1. The van der Waals surface area contributed by atoms with Crippen molar-refractivity contribution in [2.24, 2.45) is 11.1 Å². The molecule has 39 heavy (non-hydrogen) atoms. The first-order chi connectivity index (χ1) is 18.6. The number of esters is 1. The second-order valence-electron chi connectivity index (χ2n) is 11.8. The van der Waals surface area contributed by atoms with Crippen LogP contribution in [-0.4, -0.2) is 17.1 Å². The maximum Gasteiger partial charge on any atom is 0.349 e. The summed E-state index contributed by atoms with van der Waals surface area (Å²) in [7, 11) is 0. The smallest absolute Gasteiger partial charge is 0.349 e.